The largest absolute Gasteiger partial charge is 0.879 e. The number of hydrogen-bond acceptors (Lipinski definition) is 7. The average molecular weight is 430 g/mol. The van der Waals surface area contributed by atoms with Crippen molar-refractivity contribution in [3.63, 3.8) is 0 Å². The molecule has 0 radical (unpaired) electrons. The molecule has 0 aromatic heterocycles. The van der Waals surface area contributed by atoms with E-state index in [1.54, 1.807) is 0 Å². The molecule has 2 bridgehead atoms. The van der Waals surface area contributed by atoms with E-state index in [2.05, 4.69) is 10.2 Å². The highest BCUT2D eigenvalue weighted by Gasteiger charge is 2.49. The molecule has 1 aromatic carbocycles. The molecule has 0 aliphatic carbocycles. The van der Waals surface area contributed by atoms with Crippen LogP contribution in [0.1, 0.15) is 36.7 Å². The summed E-state index contributed by atoms with van der Waals surface area (Å²) in [4.78, 5) is 40.4. The van der Waals surface area contributed by atoms with Crippen LogP contribution in [-0.2, 0) is 23.7 Å². The molecule has 2 aliphatic heterocycles. The third kappa shape index (κ3) is 6.13. The Morgan fingerprint density at radius 3 is 2.53 bits per heavy atom. The SMILES string of the molecule is CC(C)C(=O)c1ccc(CN2CC[N-]CC(=O)[O][Al]3[O]C(=O)CN(CC2)[CH]3C)cc1. The summed E-state index contributed by atoms with van der Waals surface area (Å²) in [6.07, 6.45) is 0. The van der Waals surface area contributed by atoms with Gasteiger partial charge < -0.3 is 12.9 Å². The summed E-state index contributed by atoms with van der Waals surface area (Å²) in [6.45, 7) is 9.33. The summed E-state index contributed by atoms with van der Waals surface area (Å²) in [5.41, 5.74) is 1.84. The normalized spacial score (nSPS) is 23.9. The molecule has 2 fully saturated rings. The van der Waals surface area contributed by atoms with Gasteiger partial charge in [0.05, 0.1) is 6.54 Å². The fourth-order valence-corrected chi connectivity index (χ4v) is 5.32. The molecule has 2 saturated heterocycles. The molecule has 0 spiro atoms. The topological polar surface area (TPSA) is 90.3 Å². The van der Waals surface area contributed by atoms with E-state index in [4.69, 9.17) is 7.58 Å². The molecule has 2 unspecified atom stereocenters. The zero-order chi connectivity index (χ0) is 21.7. The third-order valence-corrected chi connectivity index (χ3v) is 7.68. The Hall–Kier alpha value is -1.76. The number of carbonyl (C=O) groups excluding carboxylic acids is 3. The van der Waals surface area contributed by atoms with Crippen molar-refractivity contribution in [3.8, 4) is 0 Å². The van der Waals surface area contributed by atoms with E-state index in [0.29, 0.717) is 26.2 Å². The summed E-state index contributed by atoms with van der Waals surface area (Å²) in [5, 5.41) is 4.29. The van der Waals surface area contributed by atoms with Gasteiger partial charge in [-0.25, -0.2) is 0 Å². The summed E-state index contributed by atoms with van der Waals surface area (Å²) in [6, 6.07) is 7.75. The van der Waals surface area contributed by atoms with Crippen LogP contribution in [0.25, 0.3) is 5.32 Å². The van der Waals surface area contributed by atoms with Crippen LogP contribution in [0.5, 0.6) is 0 Å². The zero-order valence-electron chi connectivity index (χ0n) is 17.9. The van der Waals surface area contributed by atoms with Gasteiger partial charge in [0, 0.05) is 36.0 Å². The molecule has 2 heterocycles. The Bertz CT molecular complexity index is 770. The Morgan fingerprint density at radius 2 is 1.83 bits per heavy atom. The quantitative estimate of drug-likeness (QED) is 0.529. The highest BCUT2D eigenvalue weighted by atomic mass is 27.2. The van der Waals surface area contributed by atoms with Gasteiger partial charge in [-0.3, -0.25) is 24.2 Å². The van der Waals surface area contributed by atoms with Crippen molar-refractivity contribution in [2.24, 2.45) is 5.92 Å². The second-order valence-electron chi connectivity index (χ2n) is 8.16. The first-order valence-electron chi connectivity index (χ1n) is 10.4. The Labute approximate surface area is 182 Å². The molecule has 0 saturated carbocycles. The first-order chi connectivity index (χ1) is 14.3. The molecule has 9 heteroatoms. The molecular weight excluding hydrogens is 401 g/mol. The van der Waals surface area contributed by atoms with Gasteiger partial charge in [-0.05, 0) is 12.1 Å². The number of Topliss-reactive ketones (excluding diaryl/α,β-unsaturated/α-hetero) is 1. The van der Waals surface area contributed by atoms with Crippen LogP contribution >= 0.6 is 0 Å². The molecular formula is C21H29AlN3O5-. The van der Waals surface area contributed by atoms with Crippen LogP contribution < -0.4 is 0 Å². The summed E-state index contributed by atoms with van der Waals surface area (Å²) < 4.78 is 10.8. The van der Waals surface area contributed by atoms with Crippen molar-refractivity contribution in [2.45, 2.75) is 32.2 Å². The van der Waals surface area contributed by atoms with E-state index in [9.17, 15) is 14.4 Å². The van der Waals surface area contributed by atoms with E-state index in [-0.39, 0.29) is 35.7 Å². The minimum atomic E-state index is -2.44. The van der Waals surface area contributed by atoms with Crippen molar-refractivity contribution in [1.82, 2.24) is 9.80 Å². The van der Waals surface area contributed by atoms with Gasteiger partial charge in [0.25, 0.3) is 11.9 Å². The third-order valence-electron chi connectivity index (χ3n) is 5.48. The minimum Gasteiger partial charge on any atom is -0.652 e. The van der Waals surface area contributed by atoms with Gasteiger partial charge in [0.1, 0.15) is 0 Å². The Balaban J connectivity index is 1.67. The molecule has 0 N–H and O–H groups in total. The maximum atomic E-state index is 12.1. The molecule has 8 nitrogen and oxygen atoms in total. The van der Waals surface area contributed by atoms with Crippen molar-refractivity contribution >= 4 is 32.5 Å². The van der Waals surface area contributed by atoms with E-state index in [1.165, 1.54) is 0 Å². The lowest BCUT2D eigenvalue weighted by atomic mass is 10.00. The predicted molar refractivity (Wildman–Crippen MR) is 113 cm³/mol. The molecule has 3 rings (SSSR count). The first-order valence-corrected chi connectivity index (χ1v) is 12.1. The highest BCUT2D eigenvalue weighted by Crippen LogP contribution is 2.16. The Morgan fingerprint density at radius 1 is 1.13 bits per heavy atom. The van der Waals surface area contributed by atoms with Gasteiger partial charge in [-0.15, -0.1) is 6.54 Å². The van der Waals surface area contributed by atoms with Crippen LogP contribution in [-0.4, -0.2) is 86.5 Å². The highest BCUT2D eigenvalue weighted by molar-refractivity contribution is 6.51. The Kier molecular flexibility index (Phi) is 8.03. The molecule has 2 atom stereocenters. The van der Waals surface area contributed by atoms with Crippen molar-refractivity contribution in [2.75, 3.05) is 39.3 Å². The van der Waals surface area contributed by atoms with Crippen LogP contribution in [0.2, 0.25) is 0 Å². The number of fused-ring (bicyclic) bond motifs is 2. The second-order valence-corrected chi connectivity index (χ2v) is 10.3. The van der Waals surface area contributed by atoms with Crippen molar-refractivity contribution < 1.29 is 22.0 Å². The predicted octanol–water partition coefficient (Wildman–Crippen LogP) is 1.53. The lowest BCUT2D eigenvalue weighted by Gasteiger charge is -2.37. The molecule has 30 heavy (non-hydrogen) atoms. The van der Waals surface area contributed by atoms with E-state index in [1.807, 2.05) is 49.9 Å². The van der Waals surface area contributed by atoms with Gasteiger partial charge >= 0.3 is 14.8 Å². The number of nitrogens with zero attached hydrogens (tertiary/aromatic N) is 3. The number of hydrogen-bond donors (Lipinski definition) is 0. The molecule has 2 aliphatic rings. The number of carbonyl (C=O) groups is 3. The van der Waals surface area contributed by atoms with E-state index >= 15 is 0 Å². The monoisotopic (exact) mass is 430 g/mol. The molecule has 1 aromatic rings. The first kappa shape index (κ1) is 22.9. The second kappa shape index (κ2) is 10.5. The summed E-state index contributed by atoms with van der Waals surface area (Å²) >= 11 is -2.44. The smallest absolute Gasteiger partial charge is 0.652 e. The minimum absolute atomic E-state index is 0.0202. The van der Waals surface area contributed by atoms with Crippen molar-refractivity contribution in [1.29, 1.82) is 0 Å². The molecule has 162 valence electrons. The van der Waals surface area contributed by atoms with E-state index < -0.39 is 20.8 Å². The molecule has 0 amide bonds. The lowest BCUT2D eigenvalue weighted by Crippen LogP contribution is -2.58. The summed E-state index contributed by atoms with van der Waals surface area (Å²) in [5.74, 6) is -0.637. The number of rotatable bonds is 4. The van der Waals surface area contributed by atoms with Crippen molar-refractivity contribution in [3.05, 3.63) is 40.7 Å². The van der Waals surface area contributed by atoms with Gasteiger partial charge in [0.15, 0.2) is 5.78 Å². The van der Waals surface area contributed by atoms with E-state index in [0.717, 1.165) is 17.7 Å². The number of ketones is 1. The van der Waals surface area contributed by atoms with Crippen LogP contribution in [0, 0.1) is 5.92 Å². The van der Waals surface area contributed by atoms with Gasteiger partial charge in [-0.1, -0.05) is 51.6 Å². The fourth-order valence-electron chi connectivity index (χ4n) is 3.61. The maximum Gasteiger partial charge on any atom is 0.879 e. The van der Waals surface area contributed by atoms with Crippen LogP contribution in [0.4, 0.5) is 0 Å². The zero-order valence-corrected chi connectivity index (χ0v) is 19.0. The van der Waals surface area contributed by atoms with Gasteiger partial charge in [0.2, 0.25) is 0 Å². The van der Waals surface area contributed by atoms with Crippen LogP contribution in [0.3, 0.4) is 0 Å². The maximum absolute atomic E-state index is 12.1. The number of benzene rings is 1. The summed E-state index contributed by atoms with van der Waals surface area (Å²) in [7, 11) is 0. The average Bonchev–Trinajstić information content (AvgIpc) is 2.71. The standard InChI is InChI=1S/C21H31N3O5.Al/c1-4-23(15-20(27)28)11-12-24(10-9-22-13-19(25)26)14-17-5-7-18(8-6-17)21(29)16(2)3;/h4-8,16H,9-15H2,1-3H3,(H,25,26)(H,27,28);/q-1;+2/p-2. The lowest BCUT2D eigenvalue weighted by molar-refractivity contribution is -0.144. The van der Waals surface area contributed by atoms with Crippen LogP contribution in [0.15, 0.2) is 24.3 Å². The van der Waals surface area contributed by atoms with Gasteiger partial charge in [-0.2, -0.15) is 0 Å². The fraction of sp³-hybridized carbons (Fsp3) is 0.571.